The van der Waals surface area contributed by atoms with Gasteiger partial charge in [-0.3, -0.25) is 14.4 Å². The average molecular weight is 975 g/mol. The van der Waals surface area contributed by atoms with E-state index < -0.39 is 0 Å². The lowest BCUT2D eigenvalue weighted by molar-refractivity contribution is -0.145. The van der Waals surface area contributed by atoms with E-state index in [1.54, 1.807) is 0 Å². The standard InChI is InChI=1S/C46H91N3O6S6/c1-5-8-38-56-59-41-20-14-11-17-35-53-44(50)25-29-47-28-23-30-48(4)31-24-32-49(33-26-45(51)54-36-18-12-15-21-42-60-57-39-9-6-2)34-27-46(52)55-37-19-13-16-22-43-61-58-40-10-7-3/h47H,5-43H2,1-4H3. The molecule has 0 heterocycles. The molecule has 0 atom stereocenters. The van der Waals surface area contributed by atoms with Gasteiger partial charge in [0, 0.05) is 54.2 Å². The number of nitrogens with one attached hydrogen (secondary N) is 1. The van der Waals surface area contributed by atoms with Crippen molar-refractivity contribution < 1.29 is 28.6 Å². The Morgan fingerprint density at radius 2 is 0.754 bits per heavy atom. The van der Waals surface area contributed by atoms with Crippen LogP contribution in [0.3, 0.4) is 0 Å². The Morgan fingerprint density at radius 3 is 1.16 bits per heavy atom. The smallest absolute Gasteiger partial charge is 0.307 e. The van der Waals surface area contributed by atoms with Crippen molar-refractivity contribution >= 4 is 82.7 Å². The number of esters is 3. The first-order valence-corrected chi connectivity index (χ1v) is 31.7. The molecule has 61 heavy (non-hydrogen) atoms. The highest BCUT2D eigenvalue weighted by molar-refractivity contribution is 8.77. The van der Waals surface area contributed by atoms with Crippen LogP contribution in [0.2, 0.25) is 0 Å². The summed E-state index contributed by atoms with van der Waals surface area (Å²) in [7, 11) is 14.1. The van der Waals surface area contributed by atoms with E-state index in [0.717, 1.165) is 77.5 Å². The number of hydrogen-bond acceptors (Lipinski definition) is 15. The lowest BCUT2D eigenvalue weighted by Gasteiger charge is -2.23. The maximum Gasteiger partial charge on any atom is 0.307 e. The average Bonchev–Trinajstić information content (AvgIpc) is 3.25. The molecule has 0 rings (SSSR count). The van der Waals surface area contributed by atoms with Crippen LogP contribution in [-0.4, -0.2) is 135 Å². The molecular weight excluding hydrogens is 883 g/mol. The maximum atomic E-state index is 12.6. The quantitative estimate of drug-likeness (QED) is 0.0271. The number of unbranched alkanes of at least 4 members (excludes halogenated alkanes) is 12. The van der Waals surface area contributed by atoms with Crippen molar-refractivity contribution in [3.63, 3.8) is 0 Å². The predicted molar refractivity (Wildman–Crippen MR) is 278 cm³/mol. The van der Waals surface area contributed by atoms with Crippen molar-refractivity contribution in [2.75, 3.05) is 107 Å². The fourth-order valence-electron chi connectivity index (χ4n) is 5.89. The van der Waals surface area contributed by atoms with Crippen molar-refractivity contribution in [1.29, 1.82) is 0 Å². The maximum absolute atomic E-state index is 12.6. The number of hydrogen-bond donors (Lipinski definition) is 1. The molecule has 0 aromatic rings. The van der Waals surface area contributed by atoms with Crippen LogP contribution in [-0.2, 0) is 28.6 Å². The van der Waals surface area contributed by atoms with Crippen LogP contribution in [0.4, 0.5) is 0 Å². The van der Waals surface area contributed by atoms with Gasteiger partial charge in [-0.1, -0.05) is 143 Å². The van der Waals surface area contributed by atoms with E-state index in [0.29, 0.717) is 58.7 Å². The van der Waals surface area contributed by atoms with Crippen molar-refractivity contribution in [3.05, 3.63) is 0 Å². The summed E-state index contributed by atoms with van der Waals surface area (Å²) >= 11 is 0. The van der Waals surface area contributed by atoms with Gasteiger partial charge in [0.05, 0.1) is 39.1 Å². The highest BCUT2D eigenvalue weighted by Gasteiger charge is 2.13. The Kier molecular flexibility index (Phi) is 51.7. The SMILES string of the molecule is CCCCSSCCCCCCOC(=O)CCNCCCN(C)CCCN(CCC(=O)OCCCCCCSSCCCC)CCC(=O)OCCCCCCSSCCCC. The Labute approximate surface area is 399 Å². The molecule has 0 unspecified atom stereocenters. The van der Waals surface area contributed by atoms with E-state index in [-0.39, 0.29) is 17.9 Å². The molecule has 15 heteroatoms. The zero-order valence-electron chi connectivity index (χ0n) is 39.4. The van der Waals surface area contributed by atoms with Crippen LogP contribution in [0.25, 0.3) is 0 Å². The van der Waals surface area contributed by atoms with Gasteiger partial charge in [-0.15, -0.1) is 0 Å². The van der Waals surface area contributed by atoms with Crippen LogP contribution in [0.1, 0.15) is 168 Å². The number of nitrogens with zero attached hydrogens (tertiary/aromatic N) is 2. The summed E-state index contributed by atoms with van der Waals surface area (Å²) in [6, 6.07) is 0. The molecule has 0 aliphatic carbocycles. The third-order valence-corrected chi connectivity index (χ3v) is 17.6. The molecule has 0 aromatic heterocycles. The van der Waals surface area contributed by atoms with Crippen molar-refractivity contribution in [1.82, 2.24) is 15.1 Å². The minimum atomic E-state index is -0.154. The van der Waals surface area contributed by atoms with E-state index in [2.05, 4.69) is 42.9 Å². The van der Waals surface area contributed by atoms with E-state index >= 15 is 0 Å². The molecule has 0 fully saturated rings. The van der Waals surface area contributed by atoms with Crippen LogP contribution in [0, 0.1) is 0 Å². The third-order valence-electron chi connectivity index (χ3n) is 9.83. The van der Waals surface area contributed by atoms with Crippen LogP contribution >= 0.6 is 64.8 Å². The molecule has 0 radical (unpaired) electrons. The lowest BCUT2D eigenvalue weighted by Crippen LogP contribution is -2.33. The molecule has 0 saturated heterocycles. The zero-order valence-corrected chi connectivity index (χ0v) is 44.3. The Morgan fingerprint density at radius 1 is 0.393 bits per heavy atom. The first kappa shape index (κ1) is 61.4. The summed E-state index contributed by atoms with van der Waals surface area (Å²) in [6.07, 6.45) is 24.0. The second-order valence-electron chi connectivity index (χ2n) is 15.7. The molecule has 0 spiro atoms. The fourth-order valence-corrected chi connectivity index (χ4v) is 13.0. The minimum absolute atomic E-state index is 0.112. The first-order valence-electron chi connectivity index (χ1n) is 24.2. The number of ether oxygens (including phenoxy) is 3. The summed E-state index contributed by atoms with van der Waals surface area (Å²) in [5.41, 5.74) is 0. The monoisotopic (exact) mass is 974 g/mol. The highest BCUT2D eigenvalue weighted by Crippen LogP contribution is 2.25. The van der Waals surface area contributed by atoms with Gasteiger partial charge in [0.15, 0.2) is 0 Å². The molecule has 362 valence electrons. The molecule has 0 aromatic carbocycles. The third kappa shape index (κ3) is 49.7. The molecule has 0 saturated carbocycles. The Hall–Kier alpha value is 0.390. The molecule has 1 N–H and O–H groups in total. The van der Waals surface area contributed by atoms with Crippen LogP contribution < -0.4 is 5.32 Å². The van der Waals surface area contributed by atoms with E-state index in [1.165, 1.54) is 112 Å². The lowest BCUT2D eigenvalue weighted by atomic mass is 10.2. The van der Waals surface area contributed by atoms with Gasteiger partial charge in [0.2, 0.25) is 0 Å². The van der Waals surface area contributed by atoms with Gasteiger partial charge in [-0.25, -0.2) is 0 Å². The van der Waals surface area contributed by atoms with Crippen LogP contribution in [0.5, 0.6) is 0 Å². The zero-order chi connectivity index (χ0) is 44.5. The van der Waals surface area contributed by atoms with E-state index in [9.17, 15) is 14.4 Å². The summed E-state index contributed by atoms with van der Waals surface area (Å²) in [5, 5.41) is 3.39. The van der Waals surface area contributed by atoms with E-state index in [4.69, 9.17) is 14.2 Å². The van der Waals surface area contributed by atoms with Gasteiger partial charge < -0.3 is 29.3 Å². The fraction of sp³-hybridized carbons (Fsp3) is 0.935. The van der Waals surface area contributed by atoms with Crippen molar-refractivity contribution in [2.24, 2.45) is 0 Å². The predicted octanol–water partition coefficient (Wildman–Crippen LogP) is 12.6. The number of carbonyl (C=O) groups is 3. The minimum Gasteiger partial charge on any atom is -0.466 e. The highest BCUT2D eigenvalue weighted by atomic mass is 33.1. The number of carbonyl (C=O) groups excluding carboxylic acids is 3. The van der Waals surface area contributed by atoms with E-state index in [1.807, 2.05) is 64.8 Å². The molecule has 0 aliphatic heterocycles. The van der Waals surface area contributed by atoms with Crippen molar-refractivity contribution in [2.45, 2.75) is 168 Å². The van der Waals surface area contributed by atoms with Crippen LogP contribution in [0.15, 0.2) is 0 Å². The normalized spacial score (nSPS) is 11.5. The van der Waals surface area contributed by atoms with Gasteiger partial charge in [-0.2, -0.15) is 0 Å². The summed E-state index contributed by atoms with van der Waals surface area (Å²) in [4.78, 5) is 41.9. The van der Waals surface area contributed by atoms with Gasteiger partial charge >= 0.3 is 17.9 Å². The summed E-state index contributed by atoms with van der Waals surface area (Å²) < 4.78 is 16.6. The molecule has 9 nitrogen and oxygen atoms in total. The van der Waals surface area contributed by atoms with Crippen molar-refractivity contribution in [3.8, 4) is 0 Å². The Balaban J connectivity index is 4.28. The van der Waals surface area contributed by atoms with Gasteiger partial charge in [0.25, 0.3) is 0 Å². The topological polar surface area (TPSA) is 97.4 Å². The Bertz CT molecular complexity index is 922. The largest absolute Gasteiger partial charge is 0.466 e. The first-order chi connectivity index (χ1) is 29.9. The summed E-state index contributed by atoms with van der Waals surface area (Å²) in [5.74, 6) is 6.93. The molecule has 0 amide bonds. The number of rotatable bonds is 50. The molecule has 0 bridgehead atoms. The summed E-state index contributed by atoms with van der Waals surface area (Å²) in [6.45, 7) is 13.6. The van der Waals surface area contributed by atoms with Gasteiger partial charge in [-0.05, 0) is 104 Å². The second-order valence-corrected chi connectivity index (χ2v) is 23.9. The molecular formula is C46H91N3O6S6. The molecule has 0 aliphatic rings. The van der Waals surface area contributed by atoms with Gasteiger partial charge in [0.1, 0.15) is 0 Å². The second kappa shape index (κ2) is 51.4.